The fourth-order valence-corrected chi connectivity index (χ4v) is 12.0. The monoisotopic (exact) mass is 988 g/mol. The minimum absolute atomic E-state index is 0.0361. The molecule has 0 spiro atoms. The number of aliphatic hydroxyl groups is 1. The zero-order chi connectivity index (χ0) is 50.8. The van der Waals surface area contributed by atoms with Crippen LogP contribution >= 0.6 is 0 Å². The molecule has 2 bridgehead atoms. The number of cyclic esters (lactones) is 1. The van der Waals surface area contributed by atoms with E-state index in [0.29, 0.717) is 70.0 Å². The van der Waals surface area contributed by atoms with E-state index in [2.05, 4.69) is 6.92 Å². The van der Waals surface area contributed by atoms with Crippen molar-refractivity contribution in [2.75, 3.05) is 27.4 Å². The molecule has 17 nitrogen and oxygen atoms in total. The summed E-state index contributed by atoms with van der Waals surface area (Å²) < 4.78 is 63.4. The number of carbonyl (C=O) groups excluding carboxylic acids is 4. The van der Waals surface area contributed by atoms with Crippen molar-refractivity contribution in [2.45, 2.75) is 185 Å². The predicted octanol–water partition coefficient (Wildman–Crippen LogP) is 7.60. The van der Waals surface area contributed by atoms with Crippen molar-refractivity contribution in [3.63, 3.8) is 0 Å². The molecule has 1 amide bonds. The lowest BCUT2D eigenvalue weighted by molar-refractivity contribution is -0.387. The van der Waals surface area contributed by atoms with Gasteiger partial charge in [-0.1, -0.05) is 64.5 Å². The van der Waals surface area contributed by atoms with Crippen LogP contribution < -0.4 is 0 Å². The number of rotatable bonds is 12. The third-order valence-electron chi connectivity index (χ3n) is 14.6. The lowest BCUT2D eigenvalue weighted by Gasteiger charge is -2.47. The number of Topliss-reactive ketones (excluding diaryl/α,β-unsaturated/α-hetero) is 2. The molecule has 0 aromatic heterocycles. The lowest BCUT2D eigenvalue weighted by atomic mass is 9.82. The van der Waals surface area contributed by atoms with Crippen LogP contribution in [-0.4, -0.2) is 123 Å². The van der Waals surface area contributed by atoms with E-state index in [1.165, 1.54) is 31.3 Å². The lowest BCUT2D eigenvalue weighted by Crippen LogP contribution is -2.64. The molecule has 1 N–H and O–H groups in total. The van der Waals surface area contributed by atoms with Crippen molar-refractivity contribution in [1.29, 1.82) is 0 Å². The van der Waals surface area contributed by atoms with Crippen LogP contribution in [0.1, 0.15) is 132 Å². The number of nitro benzene ring substituents is 1. The van der Waals surface area contributed by atoms with Crippen molar-refractivity contribution in [2.24, 2.45) is 29.6 Å². The van der Waals surface area contributed by atoms with Crippen molar-refractivity contribution >= 4 is 39.2 Å². The molecule has 1 saturated carbocycles. The molecular formula is C51H76N2O15S. The number of para-hydroxylation sites is 1. The van der Waals surface area contributed by atoms with Crippen molar-refractivity contribution in [3.8, 4) is 0 Å². The first-order chi connectivity index (χ1) is 32.7. The Bertz CT molecular complexity index is 2140. The Morgan fingerprint density at radius 3 is 2.32 bits per heavy atom. The van der Waals surface area contributed by atoms with Crippen LogP contribution in [0.4, 0.5) is 5.69 Å². The Morgan fingerprint density at radius 2 is 1.65 bits per heavy atom. The summed E-state index contributed by atoms with van der Waals surface area (Å²) in [5.41, 5.74) is 1.11. The normalized spacial score (nSPS) is 34.3. The first kappa shape index (κ1) is 56.0. The van der Waals surface area contributed by atoms with Crippen molar-refractivity contribution < 1.29 is 65.5 Å². The molecule has 1 aliphatic carbocycles. The number of amides is 1. The Labute approximate surface area is 408 Å². The van der Waals surface area contributed by atoms with E-state index in [4.69, 9.17) is 27.9 Å². The molecule has 2 saturated heterocycles. The van der Waals surface area contributed by atoms with Gasteiger partial charge in [-0.15, -0.1) is 0 Å². The maximum absolute atomic E-state index is 14.6. The number of allylic oxidation sites excluding steroid dienone is 3. The minimum Gasteiger partial charge on any atom is -0.456 e. The van der Waals surface area contributed by atoms with E-state index in [-0.39, 0.29) is 61.7 Å². The first-order valence-corrected chi connectivity index (χ1v) is 26.3. The van der Waals surface area contributed by atoms with Gasteiger partial charge >= 0.3 is 16.1 Å². The molecule has 1 aromatic carbocycles. The first-order valence-electron chi connectivity index (χ1n) is 24.9. The maximum atomic E-state index is 14.6. The second kappa shape index (κ2) is 25.0. The number of nitro groups is 1. The summed E-state index contributed by atoms with van der Waals surface area (Å²) in [5, 5.41) is 23.8. The number of piperidine rings is 1. The van der Waals surface area contributed by atoms with Crippen LogP contribution in [0.2, 0.25) is 0 Å². The Hall–Kier alpha value is -3.91. The number of esters is 1. The van der Waals surface area contributed by atoms with Gasteiger partial charge in [0.2, 0.25) is 5.79 Å². The highest BCUT2D eigenvalue weighted by Gasteiger charge is 2.56. The van der Waals surface area contributed by atoms with Crippen LogP contribution in [0.5, 0.6) is 0 Å². The highest BCUT2D eigenvalue weighted by atomic mass is 32.2. The topological polar surface area (TPSA) is 224 Å². The molecule has 386 valence electrons. The summed E-state index contributed by atoms with van der Waals surface area (Å²) in [6, 6.07) is 3.88. The summed E-state index contributed by atoms with van der Waals surface area (Å²) in [5.74, 6) is -7.16. The Kier molecular flexibility index (Phi) is 20.3. The van der Waals surface area contributed by atoms with Crippen LogP contribution in [0.25, 0.3) is 0 Å². The van der Waals surface area contributed by atoms with E-state index in [1.807, 2.05) is 46.8 Å². The summed E-state index contributed by atoms with van der Waals surface area (Å²) >= 11 is 0. The number of benzene rings is 1. The molecule has 69 heavy (non-hydrogen) atoms. The van der Waals surface area contributed by atoms with Crippen molar-refractivity contribution in [3.05, 3.63) is 57.7 Å². The van der Waals surface area contributed by atoms with Crippen molar-refractivity contribution in [1.82, 2.24) is 4.90 Å². The van der Waals surface area contributed by atoms with Crippen LogP contribution in [0.3, 0.4) is 0 Å². The number of hydrogen-bond donors (Lipinski definition) is 1. The summed E-state index contributed by atoms with van der Waals surface area (Å²) in [6.45, 7) is 13.7. The Balaban J connectivity index is 1.48. The number of nitrogens with zero attached hydrogens (tertiary/aromatic N) is 2. The van der Waals surface area contributed by atoms with Gasteiger partial charge in [-0.05, 0) is 120 Å². The number of carbonyl (C=O) groups is 4. The summed E-state index contributed by atoms with van der Waals surface area (Å²) in [7, 11) is -1.50. The van der Waals surface area contributed by atoms with Gasteiger partial charge in [0.1, 0.15) is 30.1 Å². The quantitative estimate of drug-likeness (QED) is 0.0531. The minimum atomic E-state index is -4.56. The van der Waals surface area contributed by atoms with Gasteiger partial charge in [0.05, 0.1) is 23.2 Å². The predicted molar refractivity (Wildman–Crippen MR) is 255 cm³/mol. The Morgan fingerprint density at radius 1 is 0.957 bits per heavy atom. The average Bonchev–Trinajstić information content (AvgIpc) is 3.32. The highest BCUT2D eigenvalue weighted by Crippen LogP contribution is 2.40. The van der Waals surface area contributed by atoms with Gasteiger partial charge in [0.25, 0.3) is 17.4 Å². The van der Waals surface area contributed by atoms with Gasteiger partial charge in [-0.3, -0.25) is 28.7 Å². The number of ketones is 2. The second-order valence-electron chi connectivity index (χ2n) is 19.9. The largest absolute Gasteiger partial charge is 0.456 e. The van der Waals surface area contributed by atoms with Gasteiger partial charge in [0, 0.05) is 51.7 Å². The molecule has 3 aliphatic heterocycles. The fraction of sp³-hybridized carbons (Fsp3) is 0.725. The van der Waals surface area contributed by atoms with Crippen LogP contribution in [0.15, 0.2) is 52.5 Å². The van der Waals surface area contributed by atoms with E-state index < -0.39 is 97.7 Å². The van der Waals surface area contributed by atoms with E-state index in [0.717, 1.165) is 17.7 Å². The van der Waals surface area contributed by atoms with Crippen LogP contribution in [0, 0.1) is 39.7 Å². The fourth-order valence-electron chi connectivity index (χ4n) is 10.7. The van der Waals surface area contributed by atoms with Gasteiger partial charge < -0.3 is 33.7 Å². The molecule has 4 aliphatic rings. The van der Waals surface area contributed by atoms with Gasteiger partial charge in [0.15, 0.2) is 4.90 Å². The molecule has 0 radical (unpaired) electrons. The number of methoxy groups -OCH3 is 2. The van der Waals surface area contributed by atoms with Crippen LogP contribution in [-0.2, 0) is 57.2 Å². The standard InChI is InChI=1S/C51H76N2O15S/c1-10-24-65-42-30-36(20-22-41(42)68-69(61,62)45-18-13-12-16-38(45)53(59)60)28-34(6)46-33(5)19-21-40(54)37(11-2)26-31(3)25-32(4)27-43(63-8)47-44(64-9)29-35(7)51(58,67-47)48(55)49(56)52-23-15-14-17-39(52)50(57)66-46/h12-13,16,18,26,28,32-33,35-37,39,41-44,46-47,58H,10-11,14-15,17,19-25,27,29-30H2,1-9H3. The molecule has 13 unspecified atom stereocenters. The number of fused-ring (bicyclic) bond motifs is 3. The summed E-state index contributed by atoms with van der Waals surface area (Å²) in [6.07, 6.45) is 4.88. The second-order valence-corrected chi connectivity index (χ2v) is 21.5. The molecule has 1 aromatic rings. The molecular weight excluding hydrogens is 913 g/mol. The van der Waals surface area contributed by atoms with E-state index >= 15 is 0 Å². The smallest absolute Gasteiger partial charge is 0.329 e. The average molecular weight is 989 g/mol. The third kappa shape index (κ3) is 13.7. The highest BCUT2D eigenvalue weighted by molar-refractivity contribution is 7.87. The molecule has 18 heteroatoms. The number of ether oxygens (including phenoxy) is 5. The zero-order valence-corrected chi connectivity index (χ0v) is 42.8. The third-order valence-corrected chi connectivity index (χ3v) is 15.9. The van der Waals surface area contributed by atoms with Gasteiger partial charge in [-0.2, -0.15) is 8.42 Å². The van der Waals surface area contributed by atoms with E-state index in [9.17, 15) is 42.8 Å². The molecule has 3 heterocycles. The molecule has 3 fully saturated rings. The molecule has 5 rings (SSSR count). The number of hydrogen-bond acceptors (Lipinski definition) is 15. The molecule has 13 atom stereocenters. The zero-order valence-electron chi connectivity index (χ0n) is 42.0. The maximum Gasteiger partial charge on any atom is 0.329 e. The SMILES string of the molecule is CCCOC1CC(C=C(C)C2OC(=O)C3CCCCN3C(=O)C(=O)C3(O)OC(C(OC)CC(C)CC(C)=CC(CC)C(=O)CCC2C)C(OC)CC3C)CCC1OS(=O)(=O)c1ccccc1[N+](=O)[O-]. The van der Waals surface area contributed by atoms with Gasteiger partial charge in [-0.25, -0.2) is 4.79 Å². The van der Waals surface area contributed by atoms with E-state index in [1.54, 1.807) is 6.92 Å². The summed E-state index contributed by atoms with van der Waals surface area (Å²) in [4.78, 5) is 68.9.